The summed E-state index contributed by atoms with van der Waals surface area (Å²) in [4.78, 5) is 10.9. The number of aryl methyl sites for hydroxylation is 1. The monoisotopic (exact) mass is 453 g/mol. The Bertz CT molecular complexity index is 1260. The molecule has 11 heteroatoms. The zero-order valence-corrected chi connectivity index (χ0v) is 18.1. The van der Waals surface area contributed by atoms with E-state index >= 15 is 0 Å². The van der Waals surface area contributed by atoms with Crippen LogP contribution < -0.4 is 14.5 Å². The van der Waals surface area contributed by atoms with Crippen molar-refractivity contribution in [1.29, 1.82) is 0 Å². The third kappa shape index (κ3) is 3.45. The Labute approximate surface area is 186 Å². The lowest BCUT2D eigenvalue weighted by Gasteiger charge is -2.21. The van der Waals surface area contributed by atoms with Gasteiger partial charge in [0.1, 0.15) is 5.01 Å². The van der Waals surface area contributed by atoms with E-state index in [9.17, 15) is 15.2 Å². The molecule has 3 heterocycles. The third-order valence-corrected chi connectivity index (χ3v) is 6.35. The van der Waals surface area contributed by atoms with Gasteiger partial charge < -0.3 is 14.6 Å². The Balaban J connectivity index is 1.69. The van der Waals surface area contributed by atoms with E-state index in [2.05, 4.69) is 10.2 Å². The summed E-state index contributed by atoms with van der Waals surface area (Å²) in [6.45, 7) is 3.71. The maximum Gasteiger partial charge on any atom is 0.272 e. The number of nitro groups is 1. The van der Waals surface area contributed by atoms with Crippen LogP contribution in [0.2, 0.25) is 0 Å². The highest BCUT2D eigenvalue weighted by molar-refractivity contribution is 7.15. The fraction of sp³-hybridized carbons (Fsp3) is 0.286. The molecule has 1 unspecified atom stereocenters. The Morgan fingerprint density at radius 1 is 1.25 bits per heavy atom. The predicted molar refractivity (Wildman–Crippen MR) is 118 cm³/mol. The maximum atomic E-state index is 11.3. The smallest absolute Gasteiger partial charge is 0.272 e. The van der Waals surface area contributed by atoms with Crippen molar-refractivity contribution < 1.29 is 19.5 Å². The van der Waals surface area contributed by atoms with Crippen LogP contribution in [-0.2, 0) is 13.0 Å². The second kappa shape index (κ2) is 7.84. The molecule has 2 aliphatic heterocycles. The molecule has 0 radical (unpaired) electrons. The van der Waals surface area contributed by atoms with Gasteiger partial charge in [0.25, 0.3) is 5.69 Å². The summed E-state index contributed by atoms with van der Waals surface area (Å²) in [6, 6.07) is 8.76. The van der Waals surface area contributed by atoms with E-state index < -0.39 is 4.92 Å². The van der Waals surface area contributed by atoms with Crippen molar-refractivity contribution in [3.63, 3.8) is 0 Å². The lowest BCUT2D eigenvalue weighted by atomic mass is 9.93. The Kier molecular flexibility index (Phi) is 4.98. The minimum absolute atomic E-state index is 0.0517. The number of ether oxygens (including phenoxy) is 2. The Hall–Kier alpha value is -3.57. The van der Waals surface area contributed by atoms with Crippen LogP contribution in [0.5, 0.6) is 11.5 Å². The van der Waals surface area contributed by atoms with Gasteiger partial charge in [-0.3, -0.25) is 10.1 Å². The highest BCUT2D eigenvalue weighted by atomic mass is 32.1. The normalized spacial score (nSPS) is 17.0. The van der Waals surface area contributed by atoms with E-state index in [1.54, 1.807) is 24.1 Å². The summed E-state index contributed by atoms with van der Waals surface area (Å²) in [5.74, 6) is 1.32. The molecule has 1 N–H and O–H groups in total. The largest absolute Gasteiger partial charge is 0.454 e. The summed E-state index contributed by atoms with van der Waals surface area (Å²) >= 11 is 1.27. The molecular weight excluding hydrogens is 434 g/mol. The van der Waals surface area contributed by atoms with E-state index in [1.165, 1.54) is 17.4 Å². The van der Waals surface area contributed by atoms with Gasteiger partial charge in [-0.2, -0.15) is 5.10 Å². The average Bonchev–Trinajstić information content (AvgIpc) is 3.40. The van der Waals surface area contributed by atoms with Gasteiger partial charge >= 0.3 is 0 Å². The highest BCUT2D eigenvalue weighted by Gasteiger charge is 2.29. The van der Waals surface area contributed by atoms with Crippen LogP contribution in [0.3, 0.4) is 0 Å². The zero-order chi connectivity index (χ0) is 22.4. The molecule has 3 aromatic rings. The predicted octanol–water partition coefficient (Wildman–Crippen LogP) is 3.18. The number of nitro benzene ring substituents is 1. The van der Waals surface area contributed by atoms with Gasteiger partial charge in [-0.25, -0.2) is 5.01 Å². The van der Waals surface area contributed by atoms with Gasteiger partial charge in [0.2, 0.25) is 11.9 Å². The first-order valence-electron chi connectivity index (χ1n) is 9.94. The molecule has 0 saturated heterocycles. The topological polar surface area (TPSA) is 123 Å². The number of hydrogen-bond donors (Lipinski definition) is 1. The summed E-state index contributed by atoms with van der Waals surface area (Å²) < 4.78 is 11.2. The molecule has 2 aromatic carbocycles. The van der Waals surface area contributed by atoms with Crippen LogP contribution in [0.25, 0.3) is 0 Å². The number of benzene rings is 2. The van der Waals surface area contributed by atoms with Crippen LogP contribution in [-0.4, -0.2) is 38.8 Å². The second-order valence-electron chi connectivity index (χ2n) is 7.60. The van der Waals surface area contributed by atoms with Crippen molar-refractivity contribution in [2.75, 3.05) is 11.8 Å². The van der Waals surface area contributed by atoms with E-state index in [-0.39, 0.29) is 25.1 Å². The van der Waals surface area contributed by atoms with Gasteiger partial charge in [-0.15, -0.1) is 10.2 Å². The van der Waals surface area contributed by atoms with Gasteiger partial charge in [-0.1, -0.05) is 11.3 Å². The number of aliphatic hydroxyl groups excluding tert-OH is 1. The number of hydrogen-bond acceptors (Lipinski definition) is 10. The van der Waals surface area contributed by atoms with Gasteiger partial charge in [0.05, 0.1) is 23.3 Å². The molecule has 0 aliphatic carbocycles. The molecule has 1 atom stereocenters. The molecule has 0 bridgehead atoms. The van der Waals surface area contributed by atoms with Crippen molar-refractivity contribution in [3.05, 3.63) is 67.7 Å². The molecule has 164 valence electrons. The number of aromatic nitrogens is 2. The fourth-order valence-electron chi connectivity index (χ4n) is 3.89. The SMILES string of the molecule is Cc1cc(C2=NN(c3nnc(CO)s3)C(C)Cc3cc4c(cc32)OCO4)ccc1[N+](=O)[O-]. The summed E-state index contributed by atoms with van der Waals surface area (Å²) in [5, 5.41) is 36.7. The molecule has 5 rings (SSSR count). The van der Waals surface area contributed by atoms with Gasteiger partial charge in [-0.05, 0) is 50.1 Å². The third-order valence-electron chi connectivity index (χ3n) is 5.45. The summed E-state index contributed by atoms with van der Waals surface area (Å²) in [6.07, 6.45) is 0.652. The number of aliphatic hydroxyl groups is 1. The molecule has 2 aliphatic rings. The first-order chi connectivity index (χ1) is 15.4. The first kappa shape index (κ1) is 20.3. The van der Waals surface area contributed by atoms with Crippen LogP contribution in [0.15, 0.2) is 35.4 Å². The Morgan fingerprint density at radius 2 is 2.03 bits per heavy atom. The summed E-state index contributed by atoms with van der Waals surface area (Å²) in [7, 11) is 0. The Morgan fingerprint density at radius 3 is 2.72 bits per heavy atom. The lowest BCUT2D eigenvalue weighted by Crippen LogP contribution is -2.29. The zero-order valence-electron chi connectivity index (χ0n) is 17.3. The van der Waals surface area contributed by atoms with Crippen molar-refractivity contribution in [2.45, 2.75) is 32.9 Å². The average molecular weight is 453 g/mol. The quantitative estimate of drug-likeness (QED) is 0.472. The van der Waals surface area contributed by atoms with E-state index in [0.717, 1.165) is 16.7 Å². The van der Waals surface area contributed by atoms with Crippen molar-refractivity contribution in [1.82, 2.24) is 10.2 Å². The first-order valence-corrected chi connectivity index (χ1v) is 10.8. The highest BCUT2D eigenvalue weighted by Crippen LogP contribution is 2.39. The molecule has 10 nitrogen and oxygen atoms in total. The second-order valence-corrected chi connectivity index (χ2v) is 8.64. The standard InChI is InChI=1S/C21H19N5O5S/c1-11-5-13(3-4-16(11)26(28)29)20-15-8-18-17(30-10-31-18)7-14(15)6-12(2)25(24-20)21-23-22-19(9-27)32-21/h3-5,7-8,12,27H,6,9-10H2,1-2H3. The van der Waals surface area contributed by atoms with E-state index in [4.69, 9.17) is 14.6 Å². The van der Waals surface area contributed by atoms with Gasteiger partial charge in [0, 0.05) is 22.8 Å². The van der Waals surface area contributed by atoms with E-state index in [1.807, 2.05) is 19.1 Å². The molecule has 0 fully saturated rings. The minimum atomic E-state index is -0.397. The molecule has 0 spiro atoms. The van der Waals surface area contributed by atoms with Crippen LogP contribution in [0, 0.1) is 17.0 Å². The summed E-state index contributed by atoms with van der Waals surface area (Å²) in [5.41, 5.74) is 3.85. The molecule has 1 aromatic heterocycles. The number of rotatable bonds is 4. The van der Waals surface area contributed by atoms with Crippen molar-refractivity contribution in [3.8, 4) is 11.5 Å². The number of anilines is 1. The van der Waals surface area contributed by atoms with Crippen LogP contribution in [0.4, 0.5) is 10.8 Å². The van der Waals surface area contributed by atoms with E-state index in [0.29, 0.717) is 39.3 Å². The number of nitrogens with zero attached hydrogens (tertiary/aromatic N) is 5. The van der Waals surface area contributed by atoms with Gasteiger partial charge in [0.15, 0.2) is 11.5 Å². The van der Waals surface area contributed by atoms with Crippen molar-refractivity contribution in [2.24, 2.45) is 5.10 Å². The fourth-order valence-corrected chi connectivity index (χ4v) is 4.64. The minimum Gasteiger partial charge on any atom is -0.454 e. The number of hydrazone groups is 1. The molecule has 0 amide bonds. The molecule has 0 saturated carbocycles. The maximum absolute atomic E-state index is 11.3. The lowest BCUT2D eigenvalue weighted by molar-refractivity contribution is -0.385. The molecule has 32 heavy (non-hydrogen) atoms. The van der Waals surface area contributed by atoms with Crippen molar-refractivity contribution >= 4 is 27.9 Å². The van der Waals surface area contributed by atoms with Crippen LogP contribution >= 0.6 is 11.3 Å². The number of fused-ring (bicyclic) bond motifs is 2. The van der Waals surface area contributed by atoms with Crippen LogP contribution in [0.1, 0.15) is 34.2 Å². The molecular formula is C21H19N5O5S.